The Morgan fingerprint density at radius 2 is 1.80 bits per heavy atom. The van der Waals surface area contributed by atoms with Gasteiger partial charge in [0.05, 0.1) is 16.1 Å². The number of nitrogens with zero attached hydrogens (tertiary/aromatic N) is 5. The molecule has 2 aromatic rings. The Kier molecular flexibility index (Phi) is 6.71. The highest BCUT2D eigenvalue weighted by molar-refractivity contribution is 6.23. The molecule has 1 unspecified atom stereocenters. The molecule has 0 radical (unpaired) electrons. The summed E-state index contributed by atoms with van der Waals surface area (Å²) in [6.45, 7) is 2.46. The van der Waals surface area contributed by atoms with E-state index in [0.717, 1.165) is 10.6 Å². The molecule has 182 valence electrons. The van der Waals surface area contributed by atoms with Crippen LogP contribution in [0.4, 0.5) is 17.2 Å². The maximum absolute atomic E-state index is 13.1. The Hall–Kier alpha value is -4.35. The first-order valence-corrected chi connectivity index (χ1v) is 11.1. The number of hydrogen-bond acceptors (Lipinski definition) is 9. The summed E-state index contributed by atoms with van der Waals surface area (Å²) in [7, 11) is 1.42. The molecule has 0 saturated carbocycles. The van der Waals surface area contributed by atoms with Crippen LogP contribution in [0.1, 0.15) is 33.6 Å². The number of piperazine rings is 1. The van der Waals surface area contributed by atoms with Gasteiger partial charge in [-0.1, -0.05) is 0 Å². The molecule has 12 heteroatoms. The molecule has 1 saturated heterocycles. The first kappa shape index (κ1) is 23.8. The van der Waals surface area contributed by atoms with Gasteiger partial charge in [0.15, 0.2) is 0 Å². The number of carbonyl (C=O) groups excluding carboxylic acids is 4. The third-order valence-corrected chi connectivity index (χ3v) is 6.23. The topological polar surface area (TPSA) is 146 Å². The molecule has 4 rings (SSSR count). The molecule has 1 atom stereocenters. The van der Waals surface area contributed by atoms with E-state index in [4.69, 9.17) is 0 Å². The number of likely N-dealkylation sites (N-methyl/N-ethyl adjacent to an activating group) is 1. The van der Waals surface area contributed by atoms with E-state index >= 15 is 0 Å². The van der Waals surface area contributed by atoms with Crippen LogP contribution in [0.2, 0.25) is 0 Å². The summed E-state index contributed by atoms with van der Waals surface area (Å²) in [5.41, 5.74) is 1.16. The van der Waals surface area contributed by atoms with Gasteiger partial charge < -0.3 is 19.9 Å². The van der Waals surface area contributed by atoms with Crippen molar-refractivity contribution in [3.63, 3.8) is 0 Å². The lowest BCUT2D eigenvalue weighted by Gasteiger charge is -2.36. The standard InChI is InChI=1S/C23H24N6O6/c1-24-21(31)19(3-2-12-30)28-22(32)17-6-4-15(13-18(17)23(28)33)26-8-10-27(11-9-26)20-7-5-16(14-25-20)29(34)35/h4-7,12-14,19H,2-3,8-11H2,1H3,(H,24,31). The minimum Gasteiger partial charge on any atom is -0.368 e. The summed E-state index contributed by atoms with van der Waals surface area (Å²) in [6.07, 6.45) is 1.99. The lowest BCUT2D eigenvalue weighted by Crippen LogP contribution is -2.48. The van der Waals surface area contributed by atoms with Crippen molar-refractivity contribution < 1.29 is 24.1 Å². The summed E-state index contributed by atoms with van der Waals surface area (Å²) in [5, 5.41) is 13.3. The molecule has 3 amide bonds. The average Bonchev–Trinajstić information content (AvgIpc) is 3.13. The maximum atomic E-state index is 13.1. The van der Waals surface area contributed by atoms with Crippen LogP contribution in [0.3, 0.4) is 0 Å². The maximum Gasteiger partial charge on any atom is 0.287 e. The van der Waals surface area contributed by atoms with E-state index < -0.39 is 28.7 Å². The van der Waals surface area contributed by atoms with Gasteiger partial charge in [0, 0.05) is 51.4 Å². The second kappa shape index (κ2) is 9.87. The zero-order valence-corrected chi connectivity index (χ0v) is 19.0. The number of hydrogen-bond donors (Lipinski definition) is 1. The van der Waals surface area contributed by atoms with Crippen molar-refractivity contribution in [3.8, 4) is 0 Å². The van der Waals surface area contributed by atoms with Gasteiger partial charge in [0.2, 0.25) is 5.91 Å². The van der Waals surface area contributed by atoms with Crippen LogP contribution in [0.5, 0.6) is 0 Å². The second-order valence-corrected chi connectivity index (χ2v) is 8.19. The number of pyridine rings is 1. The fraction of sp³-hybridized carbons (Fsp3) is 0.348. The Morgan fingerprint density at radius 1 is 1.11 bits per heavy atom. The lowest BCUT2D eigenvalue weighted by molar-refractivity contribution is -0.385. The van der Waals surface area contributed by atoms with E-state index in [1.54, 1.807) is 24.3 Å². The second-order valence-electron chi connectivity index (χ2n) is 8.19. The van der Waals surface area contributed by atoms with Crippen LogP contribution in [0.15, 0.2) is 36.5 Å². The number of nitro groups is 1. The lowest BCUT2D eigenvalue weighted by atomic mass is 10.1. The van der Waals surface area contributed by atoms with Crippen molar-refractivity contribution in [2.45, 2.75) is 18.9 Å². The highest BCUT2D eigenvalue weighted by Gasteiger charge is 2.42. The van der Waals surface area contributed by atoms with Crippen molar-refractivity contribution in [3.05, 3.63) is 57.8 Å². The fourth-order valence-electron chi connectivity index (χ4n) is 4.36. The predicted molar refractivity (Wildman–Crippen MR) is 125 cm³/mol. The molecular formula is C23H24N6O6. The molecule has 1 fully saturated rings. The predicted octanol–water partition coefficient (Wildman–Crippen LogP) is 1.01. The van der Waals surface area contributed by atoms with Crippen LogP contribution in [-0.2, 0) is 9.59 Å². The molecule has 12 nitrogen and oxygen atoms in total. The average molecular weight is 480 g/mol. The van der Waals surface area contributed by atoms with Gasteiger partial charge >= 0.3 is 0 Å². The van der Waals surface area contributed by atoms with E-state index in [9.17, 15) is 29.3 Å². The zero-order valence-electron chi connectivity index (χ0n) is 19.0. The molecule has 35 heavy (non-hydrogen) atoms. The molecule has 2 aliphatic rings. The quantitative estimate of drug-likeness (QED) is 0.253. The number of imide groups is 1. The largest absolute Gasteiger partial charge is 0.368 e. The van der Waals surface area contributed by atoms with E-state index in [-0.39, 0.29) is 29.7 Å². The minimum absolute atomic E-state index is 0.0463. The third kappa shape index (κ3) is 4.54. The van der Waals surface area contributed by atoms with Gasteiger partial charge in [0.25, 0.3) is 17.5 Å². The number of aldehydes is 1. The summed E-state index contributed by atoms with van der Waals surface area (Å²) in [4.78, 5) is 68.8. The number of rotatable bonds is 8. The first-order valence-electron chi connectivity index (χ1n) is 11.1. The highest BCUT2D eigenvalue weighted by Crippen LogP contribution is 2.30. The van der Waals surface area contributed by atoms with Gasteiger partial charge in [0.1, 0.15) is 24.3 Å². The zero-order chi connectivity index (χ0) is 25.1. The van der Waals surface area contributed by atoms with Gasteiger partial charge in [-0.15, -0.1) is 0 Å². The Labute approximate surface area is 200 Å². The SMILES string of the molecule is CNC(=O)C(CCC=O)N1C(=O)c2ccc(N3CCN(c4ccc([N+](=O)[O-])cn4)CC3)cc2C1=O. The summed E-state index contributed by atoms with van der Waals surface area (Å²) in [5.74, 6) is -0.959. The number of aromatic nitrogens is 1. The van der Waals surface area contributed by atoms with Gasteiger partial charge in [-0.2, -0.15) is 0 Å². The molecule has 1 aromatic carbocycles. The number of carbonyl (C=O) groups is 4. The number of benzene rings is 1. The highest BCUT2D eigenvalue weighted by atomic mass is 16.6. The first-order chi connectivity index (χ1) is 16.8. The van der Waals surface area contributed by atoms with Crippen molar-refractivity contribution >= 4 is 41.2 Å². The molecule has 0 bridgehead atoms. The number of amides is 3. The van der Waals surface area contributed by atoms with Crippen molar-refractivity contribution in [1.82, 2.24) is 15.2 Å². The minimum atomic E-state index is -1.06. The van der Waals surface area contributed by atoms with E-state index in [0.29, 0.717) is 38.3 Å². The number of fused-ring (bicyclic) bond motifs is 1. The normalized spacial score (nSPS) is 16.2. The molecule has 0 aliphatic carbocycles. The number of nitrogens with one attached hydrogen (secondary N) is 1. The van der Waals surface area contributed by atoms with Crippen molar-refractivity contribution in [2.24, 2.45) is 0 Å². The molecule has 3 heterocycles. The fourth-order valence-corrected chi connectivity index (χ4v) is 4.36. The van der Waals surface area contributed by atoms with E-state index in [2.05, 4.69) is 15.2 Å². The number of anilines is 2. The summed E-state index contributed by atoms with van der Waals surface area (Å²) >= 11 is 0. The molecule has 1 N–H and O–H groups in total. The van der Waals surface area contributed by atoms with Gasteiger partial charge in [-0.3, -0.25) is 29.4 Å². The Balaban J connectivity index is 1.48. The Bertz CT molecular complexity index is 1180. The van der Waals surface area contributed by atoms with Crippen LogP contribution < -0.4 is 15.1 Å². The van der Waals surface area contributed by atoms with Crippen LogP contribution in [0.25, 0.3) is 0 Å². The van der Waals surface area contributed by atoms with Crippen LogP contribution in [-0.4, -0.2) is 78.1 Å². The summed E-state index contributed by atoms with van der Waals surface area (Å²) in [6, 6.07) is 7.01. The van der Waals surface area contributed by atoms with E-state index in [1.807, 2.05) is 4.90 Å². The van der Waals surface area contributed by atoms with Crippen molar-refractivity contribution in [1.29, 1.82) is 0 Å². The van der Waals surface area contributed by atoms with Gasteiger partial charge in [-0.25, -0.2) is 4.98 Å². The van der Waals surface area contributed by atoms with Crippen LogP contribution >= 0.6 is 0 Å². The molecule has 1 aromatic heterocycles. The monoisotopic (exact) mass is 480 g/mol. The Morgan fingerprint density at radius 3 is 2.40 bits per heavy atom. The van der Waals surface area contributed by atoms with Crippen molar-refractivity contribution in [2.75, 3.05) is 43.0 Å². The van der Waals surface area contributed by atoms with E-state index in [1.165, 1.54) is 19.3 Å². The third-order valence-electron chi connectivity index (χ3n) is 6.23. The molecule has 0 spiro atoms. The van der Waals surface area contributed by atoms with Gasteiger partial charge in [-0.05, 0) is 30.7 Å². The molecule has 2 aliphatic heterocycles. The summed E-state index contributed by atoms with van der Waals surface area (Å²) < 4.78 is 0. The van der Waals surface area contributed by atoms with Crippen LogP contribution in [0, 0.1) is 10.1 Å². The smallest absolute Gasteiger partial charge is 0.287 e. The molecular weight excluding hydrogens is 456 g/mol.